The molecule has 0 aliphatic heterocycles. The fraction of sp³-hybridized carbons (Fsp3) is 0.944. The third-order valence-corrected chi connectivity index (χ3v) is 3.92. The first-order chi connectivity index (χ1) is 9.63. The summed E-state index contributed by atoms with van der Waals surface area (Å²) in [6.45, 7) is 4.61. The molecule has 1 N–H and O–H groups in total. The van der Waals surface area contributed by atoms with Crippen LogP contribution in [-0.4, -0.2) is 11.1 Å². The van der Waals surface area contributed by atoms with Crippen molar-refractivity contribution in [3.63, 3.8) is 0 Å². The van der Waals surface area contributed by atoms with Gasteiger partial charge in [0.05, 0.1) is 0 Å². The molecule has 3 heteroatoms. The minimum atomic E-state index is -0.654. The van der Waals surface area contributed by atoms with Crippen molar-refractivity contribution < 1.29 is 62.7 Å². The Kier molecular flexibility index (Phi) is 22.2. The summed E-state index contributed by atoms with van der Waals surface area (Å²) in [5.41, 5.74) is 0. The Hall–Kier alpha value is 1.11. The van der Waals surface area contributed by atoms with Gasteiger partial charge in [0.2, 0.25) is 0 Å². The van der Waals surface area contributed by atoms with Crippen LogP contribution in [0.25, 0.3) is 0 Å². The third kappa shape index (κ3) is 23.5. The Morgan fingerprint density at radius 2 is 1.10 bits per heavy atom. The Bertz CT molecular complexity index is 223. The molecule has 0 fully saturated rings. The fourth-order valence-electron chi connectivity index (χ4n) is 2.60. The van der Waals surface area contributed by atoms with Gasteiger partial charge in [-0.1, -0.05) is 90.9 Å². The van der Waals surface area contributed by atoms with Gasteiger partial charge in [0, 0.05) is 6.42 Å². The van der Waals surface area contributed by atoms with Gasteiger partial charge in [-0.05, 0) is 12.3 Å². The molecule has 0 spiro atoms. The van der Waals surface area contributed by atoms with Gasteiger partial charge in [0.25, 0.3) is 0 Å². The first-order valence-electron chi connectivity index (χ1n) is 8.84. The first-order valence-corrected chi connectivity index (χ1v) is 8.84. The number of hydrogen-bond donors (Lipinski definition) is 1. The molecule has 0 radical (unpaired) electrons. The molecular weight excluding hydrogens is 287 g/mol. The number of carboxylic acids is 1. The van der Waals surface area contributed by atoms with E-state index >= 15 is 0 Å². The summed E-state index contributed by atoms with van der Waals surface area (Å²) in [6, 6.07) is 0. The molecule has 0 aromatic carbocycles. The maximum Gasteiger partial charge on any atom is 1.00 e. The number of rotatable bonds is 15. The van der Waals surface area contributed by atoms with E-state index in [1.165, 1.54) is 70.6 Å². The molecule has 0 atom stereocenters. The molecule has 0 bridgehead atoms. The summed E-state index contributed by atoms with van der Waals surface area (Å²) in [4.78, 5) is 10.3. The number of carboxylic acid groups (broad SMARTS) is 1. The third-order valence-electron chi connectivity index (χ3n) is 3.92. The zero-order chi connectivity index (χ0) is 15.1. The Labute approximate surface area is 176 Å². The van der Waals surface area contributed by atoms with Crippen molar-refractivity contribution >= 4 is 5.97 Å². The van der Waals surface area contributed by atoms with Crippen LogP contribution in [0.15, 0.2) is 0 Å². The quantitative estimate of drug-likeness (QED) is 0.371. The number of hydrogen-bond acceptors (Lipinski definition) is 1. The maximum absolute atomic E-state index is 10.3. The van der Waals surface area contributed by atoms with Crippen LogP contribution in [0.2, 0.25) is 0 Å². The van der Waals surface area contributed by atoms with E-state index in [9.17, 15) is 4.79 Å². The van der Waals surface area contributed by atoms with E-state index in [-0.39, 0.29) is 52.8 Å². The second-order valence-corrected chi connectivity index (χ2v) is 6.57. The molecule has 0 saturated heterocycles. The molecule has 0 aromatic heterocycles. The molecule has 0 rings (SSSR count). The van der Waals surface area contributed by atoms with Gasteiger partial charge >= 0.3 is 57.4 Å². The average molecular weight is 325 g/mol. The van der Waals surface area contributed by atoms with Crippen LogP contribution in [0.4, 0.5) is 0 Å². The van der Waals surface area contributed by atoms with E-state index in [0.29, 0.717) is 6.42 Å². The summed E-state index contributed by atoms with van der Waals surface area (Å²) in [6.07, 6.45) is 17.3. The smallest absolute Gasteiger partial charge is 1.00 e. The summed E-state index contributed by atoms with van der Waals surface area (Å²) in [7, 11) is 0. The second-order valence-electron chi connectivity index (χ2n) is 6.57. The van der Waals surface area contributed by atoms with Crippen LogP contribution in [0.1, 0.15) is 105 Å². The van der Waals surface area contributed by atoms with Gasteiger partial charge in [-0.25, -0.2) is 0 Å². The van der Waals surface area contributed by atoms with Gasteiger partial charge in [0.15, 0.2) is 0 Å². The average Bonchev–Trinajstić information content (AvgIpc) is 2.38. The molecule has 0 amide bonds. The van der Waals surface area contributed by atoms with Gasteiger partial charge in [-0.3, -0.25) is 4.79 Å². The van der Waals surface area contributed by atoms with Crippen molar-refractivity contribution in [3.05, 3.63) is 0 Å². The zero-order valence-electron chi connectivity index (χ0n) is 15.8. The predicted octanol–water partition coefficient (Wildman–Crippen LogP) is 3.30. The Morgan fingerprint density at radius 3 is 1.43 bits per heavy atom. The van der Waals surface area contributed by atoms with Crippen molar-refractivity contribution in [2.75, 3.05) is 0 Å². The van der Waals surface area contributed by atoms with E-state index in [0.717, 1.165) is 18.8 Å². The Morgan fingerprint density at radius 1 is 0.762 bits per heavy atom. The van der Waals surface area contributed by atoms with Crippen LogP contribution < -0.4 is 51.4 Å². The molecule has 0 saturated carbocycles. The van der Waals surface area contributed by atoms with Crippen molar-refractivity contribution in [2.24, 2.45) is 5.92 Å². The molecule has 0 aliphatic carbocycles. The van der Waals surface area contributed by atoms with E-state index in [2.05, 4.69) is 13.8 Å². The van der Waals surface area contributed by atoms with Crippen molar-refractivity contribution in [2.45, 2.75) is 104 Å². The minimum Gasteiger partial charge on any atom is -1.00 e. The molecule has 0 aromatic rings. The molecule has 2 nitrogen and oxygen atoms in total. The molecule has 0 heterocycles. The SMILES string of the molecule is CC(C)CCCCCCCCCCCCCCC(=O)O.[H-].[K+]. The number of carbonyl (C=O) groups is 1. The van der Waals surface area contributed by atoms with Gasteiger partial charge in [-0.15, -0.1) is 0 Å². The van der Waals surface area contributed by atoms with E-state index in [4.69, 9.17) is 5.11 Å². The number of unbranched alkanes of at least 4 members (excludes halogenated alkanes) is 11. The summed E-state index contributed by atoms with van der Waals surface area (Å²) in [5, 5.41) is 8.52. The summed E-state index contributed by atoms with van der Waals surface area (Å²) < 4.78 is 0. The monoisotopic (exact) mass is 324 g/mol. The standard InChI is InChI=1S/C18H36O2.K.H/c1-17(2)15-13-11-9-7-5-3-4-6-8-10-12-14-16-18(19)20;;/h17H,3-16H2,1-2H3,(H,19,20);;/q;+1;-1. The number of aliphatic carboxylic acids is 1. The first kappa shape index (κ1) is 24.4. The van der Waals surface area contributed by atoms with Gasteiger partial charge < -0.3 is 6.53 Å². The second kappa shape index (κ2) is 19.2. The largest absolute Gasteiger partial charge is 1.00 e. The summed E-state index contributed by atoms with van der Waals surface area (Å²) >= 11 is 0. The van der Waals surface area contributed by atoms with Crippen LogP contribution in [0, 0.1) is 5.92 Å². The fourth-order valence-corrected chi connectivity index (χ4v) is 2.60. The molecule has 0 aliphatic rings. The molecule has 122 valence electrons. The molecule has 21 heavy (non-hydrogen) atoms. The van der Waals surface area contributed by atoms with Gasteiger partial charge in [0.1, 0.15) is 0 Å². The minimum absolute atomic E-state index is 0. The van der Waals surface area contributed by atoms with Crippen molar-refractivity contribution in [3.8, 4) is 0 Å². The van der Waals surface area contributed by atoms with Crippen LogP contribution in [0.3, 0.4) is 0 Å². The van der Waals surface area contributed by atoms with E-state index in [1.807, 2.05) is 0 Å². The van der Waals surface area contributed by atoms with Crippen LogP contribution in [0.5, 0.6) is 0 Å². The van der Waals surface area contributed by atoms with Crippen LogP contribution in [-0.2, 0) is 4.79 Å². The van der Waals surface area contributed by atoms with Crippen molar-refractivity contribution in [1.29, 1.82) is 0 Å². The van der Waals surface area contributed by atoms with E-state index in [1.54, 1.807) is 0 Å². The predicted molar refractivity (Wildman–Crippen MR) is 88.2 cm³/mol. The Balaban J connectivity index is -0.00000180. The summed E-state index contributed by atoms with van der Waals surface area (Å²) in [5.74, 6) is 0.212. The molecular formula is C18H37KO2. The van der Waals surface area contributed by atoms with Crippen molar-refractivity contribution in [1.82, 2.24) is 0 Å². The zero-order valence-corrected chi connectivity index (χ0v) is 18.0. The normalized spacial score (nSPS) is 10.6. The van der Waals surface area contributed by atoms with Crippen LogP contribution >= 0.6 is 0 Å². The molecule has 0 unspecified atom stereocenters. The topological polar surface area (TPSA) is 37.3 Å². The van der Waals surface area contributed by atoms with E-state index < -0.39 is 5.97 Å². The van der Waals surface area contributed by atoms with Gasteiger partial charge in [-0.2, -0.15) is 0 Å². The maximum atomic E-state index is 10.3.